The Morgan fingerprint density at radius 3 is 1.48 bits per heavy atom. The number of fused-ring (bicyclic) bond motifs is 12. The van der Waals surface area contributed by atoms with E-state index in [4.69, 9.17) is 9.47 Å². The Morgan fingerprint density at radius 1 is 0.393 bits per heavy atom. The van der Waals surface area contributed by atoms with E-state index in [0.717, 1.165) is 29.4 Å². The maximum absolute atomic E-state index is 7.28. The van der Waals surface area contributed by atoms with E-state index < -0.39 is 16.1 Å². The van der Waals surface area contributed by atoms with Gasteiger partial charge in [0.05, 0.1) is 0 Å². The second-order valence-electron chi connectivity index (χ2n) is 18.5. The zero-order valence-corrected chi connectivity index (χ0v) is 38.4. The normalized spacial score (nSPS) is 14.5. The summed E-state index contributed by atoms with van der Waals surface area (Å²) < 4.78 is 14.3. The van der Waals surface area contributed by atoms with Gasteiger partial charge in [-0.3, -0.25) is 0 Å². The average molecular weight is 823 g/mol. The third kappa shape index (κ3) is 5.58. The van der Waals surface area contributed by atoms with Gasteiger partial charge < -0.3 is 9.47 Å². The standard InChI is InChI=1S/C57H50O2Si2/c1-9-37-25-29-52-57(58-48-30-34(2)22-27-50(48)60(52,5)6)55(37)46-33-53-49(31-36(46)4)59-56-51(61(53,7)8)28-23-35(3)54(56)38-24-26-45-43-20-13-12-18-41(43)39-16-10-11-17-40(39)42-19-14-15-21-44(42)47(45)32-38/h10-33H,9H2,1-8H3. The fraction of sp³-hybridized carbons (Fsp3) is 0.158. The van der Waals surface area contributed by atoms with Crippen LogP contribution in [0.3, 0.4) is 0 Å². The number of rotatable bonds is 3. The largest absolute Gasteiger partial charge is 0.457 e. The molecular formula is C57H50O2Si2. The molecule has 11 rings (SSSR count). The lowest BCUT2D eigenvalue weighted by Gasteiger charge is -2.37. The van der Waals surface area contributed by atoms with E-state index >= 15 is 0 Å². The SMILES string of the molecule is CCc1ccc2c(c1-c1cc3c(cc1C)Oc1c(ccc(C)c1-c1ccc4c(c1)-c1ccccc1-c1ccccc1-c1ccccc1-4)[Si]3(C)C)Oc1cc(C)ccc1[Si]2(C)C. The molecule has 0 saturated carbocycles. The number of aryl methyl sites for hydroxylation is 4. The Balaban J connectivity index is 1.07. The summed E-state index contributed by atoms with van der Waals surface area (Å²) in [4.78, 5) is 0. The molecule has 0 unspecified atom stereocenters. The van der Waals surface area contributed by atoms with Gasteiger partial charge in [-0.15, -0.1) is 0 Å². The van der Waals surface area contributed by atoms with E-state index in [0.29, 0.717) is 0 Å². The summed E-state index contributed by atoms with van der Waals surface area (Å²) in [7, 11) is -4.34. The molecule has 8 aromatic rings. The van der Waals surface area contributed by atoms with Crippen molar-refractivity contribution in [1.82, 2.24) is 0 Å². The molecule has 2 heterocycles. The molecule has 3 aliphatic rings. The van der Waals surface area contributed by atoms with Crippen LogP contribution in [-0.2, 0) is 6.42 Å². The highest BCUT2D eigenvalue weighted by atomic mass is 28.3. The monoisotopic (exact) mass is 822 g/mol. The van der Waals surface area contributed by atoms with Crippen LogP contribution in [0.1, 0.15) is 29.2 Å². The zero-order chi connectivity index (χ0) is 41.9. The first-order valence-electron chi connectivity index (χ1n) is 21.8. The molecule has 0 amide bonds. The van der Waals surface area contributed by atoms with Crippen molar-refractivity contribution in [3.63, 3.8) is 0 Å². The zero-order valence-electron chi connectivity index (χ0n) is 36.4. The first-order chi connectivity index (χ1) is 29.4. The average Bonchev–Trinajstić information content (AvgIpc) is 3.25. The van der Waals surface area contributed by atoms with Crippen molar-refractivity contribution in [2.24, 2.45) is 0 Å². The van der Waals surface area contributed by atoms with Crippen LogP contribution in [0.25, 0.3) is 66.8 Å². The smallest absolute Gasteiger partial charge is 0.135 e. The van der Waals surface area contributed by atoms with Gasteiger partial charge in [0.1, 0.15) is 39.1 Å². The van der Waals surface area contributed by atoms with Crippen LogP contribution >= 0.6 is 0 Å². The number of hydrogen-bond acceptors (Lipinski definition) is 2. The van der Waals surface area contributed by atoms with E-state index in [1.165, 1.54) is 110 Å². The summed E-state index contributed by atoms with van der Waals surface area (Å²) in [5.74, 6) is 4.07. The summed E-state index contributed by atoms with van der Waals surface area (Å²) in [5.41, 5.74) is 19.9. The summed E-state index contributed by atoms with van der Waals surface area (Å²) in [6.45, 7) is 18.9. The molecular weight excluding hydrogens is 773 g/mol. The van der Waals surface area contributed by atoms with Gasteiger partial charge >= 0.3 is 0 Å². The van der Waals surface area contributed by atoms with Crippen molar-refractivity contribution >= 4 is 36.9 Å². The Bertz CT molecular complexity index is 3160. The minimum Gasteiger partial charge on any atom is -0.457 e. The molecule has 61 heavy (non-hydrogen) atoms. The molecule has 2 aliphatic heterocycles. The van der Waals surface area contributed by atoms with Crippen LogP contribution in [0.15, 0.2) is 146 Å². The number of benzene rings is 8. The van der Waals surface area contributed by atoms with Crippen molar-refractivity contribution in [3.8, 4) is 89.8 Å². The third-order valence-electron chi connectivity index (χ3n) is 14.1. The Kier molecular flexibility index (Phi) is 8.45. The molecule has 4 heteroatoms. The lowest BCUT2D eigenvalue weighted by atomic mass is 9.80. The van der Waals surface area contributed by atoms with Gasteiger partial charge in [-0.1, -0.05) is 161 Å². The fourth-order valence-corrected chi connectivity index (χ4v) is 16.3. The van der Waals surface area contributed by atoms with Gasteiger partial charge in [-0.25, -0.2) is 0 Å². The van der Waals surface area contributed by atoms with Gasteiger partial charge in [0.2, 0.25) is 0 Å². The highest BCUT2D eigenvalue weighted by Gasteiger charge is 2.41. The topological polar surface area (TPSA) is 18.5 Å². The Hall–Kier alpha value is -6.21. The molecule has 0 aromatic heterocycles. The maximum Gasteiger partial charge on any atom is 0.135 e. The predicted octanol–water partition coefficient (Wildman–Crippen LogP) is 13.3. The van der Waals surface area contributed by atoms with E-state index in [1.807, 2.05) is 0 Å². The van der Waals surface area contributed by atoms with Crippen molar-refractivity contribution in [3.05, 3.63) is 168 Å². The van der Waals surface area contributed by atoms with Crippen LogP contribution in [0.4, 0.5) is 0 Å². The van der Waals surface area contributed by atoms with Crippen molar-refractivity contribution in [2.75, 3.05) is 0 Å². The highest BCUT2D eigenvalue weighted by molar-refractivity contribution is 7.02. The quantitative estimate of drug-likeness (QED) is 0.165. The Labute approximate surface area is 362 Å². The maximum atomic E-state index is 7.28. The van der Waals surface area contributed by atoms with Crippen LogP contribution in [0.5, 0.6) is 23.0 Å². The predicted molar refractivity (Wildman–Crippen MR) is 263 cm³/mol. The summed E-state index contributed by atoms with van der Waals surface area (Å²) in [5, 5.41) is 5.41. The first kappa shape index (κ1) is 37.8. The van der Waals surface area contributed by atoms with Crippen LogP contribution < -0.4 is 30.2 Å². The molecule has 2 nitrogen and oxygen atoms in total. The van der Waals surface area contributed by atoms with E-state index in [1.54, 1.807) is 0 Å². The number of ether oxygens (including phenoxy) is 2. The Morgan fingerprint density at radius 2 is 0.885 bits per heavy atom. The first-order valence-corrected chi connectivity index (χ1v) is 27.8. The van der Waals surface area contributed by atoms with Gasteiger partial charge in [0, 0.05) is 11.1 Å². The molecule has 0 fully saturated rings. The molecule has 0 atom stereocenters. The third-order valence-corrected chi connectivity index (χ3v) is 21.1. The molecule has 8 aromatic carbocycles. The molecule has 0 saturated heterocycles. The van der Waals surface area contributed by atoms with Gasteiger partial charge in [0.15, 0.2) is 0 Å². The highest BCUT2D eigenvalue weighted by Crippen LogP contribution is 2.50. The van der Waals surface area contributed by atoms with Gasteiger partial charge in [-0.05, 0) is 144 Å². The number of hydrogen-bond donors (Lipinski definition) is 0. The molecule has 0 bridgehead atoms. The molecule has 0 radical (unpaired) electrons. The van der Waals surface area contributed by atoms with E-state index in [-0.39, 0.29) is 0 Å². The molecule has 298 valence electrons. The van der Waals surface area contributed by atoms with Crippen LogP contribution in [0, 0.1) is 20.8 Å². The summed E-state index contributed by atoms with van der Waals surface area (Å²) >= 11 is 0. The molecule has 1 aliphatic carbocycles. The van der Waals surface area contributed by atoms with Gasteiger partial charge in [-0.2, -0.15) is 0 Å². The van der Waals surface area contributed by atoms with Crippen LogP contribution in [-0.4, -0.2) is 16.1 Å². The second-order valence-corrected chi connectivity index (χ2v) is 27.1. The fourth-order valence-electron chi connectivity index (χ4n) is 10.7. The van der Waals surface area contributed by atoms with Crippen molar-refractivity contribution < 1.29 is 9.47 Å². The van der Waals surface area contributed by atoms with Crippen molar-refractivity contribution in [2.45, 2.75) is 60.3 Å². The second kappa shape index (κ2) is 13.7. The lowest BCUT2D eigenvalue weighted by Crippen LogP contribution is -2.56. The van der Waals surface area contributed by atoms with Crippen molar-refractivity contribution in [1.29, 1.82) is 0 Å². The minimum atomic E-state index is -2.31. The van der Waals surface area contributed by atoms with E-state index in [2.05, 4.69) is 199 Å². The van der Waals surface area contributed by atoms with Crippen LogP contribution in [0.2, 0.25) is 26.2 Å². The molecule has 0 N–H and O–H groups in total. The minimum absolute atomic E-state index is 0.928. The van der Waals surface area contributed by atoms with E-state index in [9.17, 15) is 0 Å². The lowest BCUT2D eigenvalue weighted by molar-refractivity contribution is 0.486. The summed E-state index contributed by atoms with van der Waals surface area (Å²) in [6.07, 6.45) is 0.928. The van der Waals surface area contributed by atoms with Gasteiger partial charge in [0.25, 0.3) is 0 Å². The molecule has 0 spiro atoms. The summed E-state index contributed by atoms with van der Waals surface area (Å²) in [6, 6.07) is 54.7.